The first-order valence-corrected chi connectivity index (χ1v) is 14.2. The van der Waals surface area contributed by atoms with Gasteiger partial charge in [0.25, 0.3) is 0 Å². The molecule has 6 rings (SSSR count). The van der Waals surface area contributed by atoms with Crippen molar-refractivity contribution in [2.45, 2.75) is 45.4 Å². The van der Waals surface area contributed by atoms with Gasteiger partial charge in [0.05, 0.1) is 11.0 Å². The lowest BCUT2D eigenvalue weighted by Gasteiger charge is -2.33. The van der Waals surface area contributed by atoms with Gasteiger partial charge in [0.2, 0.25) is 0 Å². The molecule has 8 nitrogen and oxygen atoms in total. The van der Waals surface area contributed by atoms with E-state index in [1.54, 1.807) is 0 Å². The third kappa shape index (κ3) is 5.52. The van der Waals surface area contributed by atoms with Gasteiger partial charge in [-0.3, -0.25) is 10.1 Å². The first-order valence-electron chi connectivity index (χ1n) is 14.2. The third-order valence-corrected chi connectivity index (χ3v) is 8.33. The molecular weight excluding hydrogens is 484 g/mol. The van der Waals surface area contributed by atoms with Crippen molar-refractivity contribution < 1.29 is 0 Å². The maximum absolute atomic E-state index is 4.92. The second-order valence-electron chi connectivity index (χ2n) is 11.2. The van der Waals surface area contributed by atoms with Crippen molar-refractivity contribution in [3.63, 3.8) is 0 Å². The van der Waals surface area contributed by atoms with Gasteiger partial charge >= 0.3 is 0 Å². The number of rotatable bonds is 6. The lowest BCUT2D eigenvalue weighted by molar-refractivity contribution is 0.313. The van der Waals surface area contributed by atoms with Gasteiger partial charge in [-0.2, -0.15) is 5.10 Å². The Hall–Kier alpha value is -3.78. The monoisotopic (exact) mass is 522 g/mol. The molecule has 0 atom stereocenters. The van der Waals surface area contributed by atoms with E-state index < -0.39 is 0 Å². The Kier molecular flexibility index (Phi) is 7.28. The van der Waals surface area contributed by atoms with Crippen LogP contribution in [0.15, 0.2) is 36.8 Å². The summed E-state index contributed by atoms with van der Waals surface area (Å²) in [4.78, 5) is 22.1. The van der Waals surface area contributed by atoms with E-state index in [0.717, 1.165) is 77.1 Å². The molecule has 1 saturated heterocycles. The van der Waals surface area contributed by atoms with E-state index in [0.29, 0.717) is 11.5 Å². The summed E-state index contributed by atoms with van der Waals surface area (Å²) in [5.41, 5.74) is 7.13. The number of fused-ring (bicyclic) bond motifs is 1. The lowest BCUT2D eigenvalue weighted by atomic mass is 9.85. The topological polar surface area (TPSA) is 89.6 Å². The number of anilines is 1. The second kappa shape index (κ2) is 11.1. The Balaban J connectivity index is 1.24. The van der Waals surface area contributed by atoms with Crippen LogP contribution in [0.5, 0.6) is 0 Å². The molecule has 39 heavy (non-hydrogen) atoms. The fourth-order valence-corrected chi connectivity index (χ4v) is 5.87. The zero-order chi connectivity index (χ0) is 26.8. The average Bonchev–Trinajstić information content (AvgIpc) is 3.56. The molecule has 1 aliphatic heterocycles. The van der Waals surface area contributed by atoms with Crippen LogP contribution in [0.1, 0.15) is 50.2 Å². The summed E-state index contributed by atoms with van der Waals surface area (Å²) in [7, 11) is 2.16. The van der Waals surface area contributed by atoms with Crippen LogP contribution >= 0.6 is 0 Å². The van der Waals surface area contributed by atoms with Crippen LogP contribution in [0, 0.1) is 5.92 Å². The molecule has 5 heterocycles. The highest BCUT2D eigenvalue weighted by Gasteiger charge is 2.20. The minimum Gasteiger partial charge on any atom is -0.367 e. The number of pyridine rings is 2. The van der Waals surface area contributed by atoms with Crippen molar-refractivity contribution in [2.24, 2.45) is 5.92 Å². The number of nitrogens with one attached hydrogen (secondary N) is 2. The van der Waals surface area contributed by atoms with Gasteiger partial charge in [0.15, 0.2) is 11.5 Å². The van der Waals surface area contributed by atoms with Crippen molar-refractivity contribution in [1.29, 1.82) is 0 Å². The summed E-state index contributed by atoms with van der Waals surface area (Å²) >= 11 is 0. The van der Waals surface area contributed by atoms with Gasteiger partial charge in [0.1, 0.15) is 11.2 Å². The summed E-state index contributed by atoms with van der Waals surface area (Å²) in [6.45, 7) is 10.5. The molecule has 4 aromatic heterocycles. The molecule has 0 radical (unpaired) electrons. The fourth-order valence-electron chi connectivity index (χ4n) is 5.87. The van der Waals surface area contributed by atoms with E-state index in [4.69, 9.17) is 4.98 Å². The highest BCUT2D eigenvalue weighted by atomic mass is 15.3. The standard InChI is InChI=1S/C31H38N8/c1-21(25-18-24(19-32-20-25)17-23-7-5-4-6-8-23)9-10-26-22(2)28(37-36-26)31-34-29-27(11-12-33-30(29)35-31)39-15-13-38(3)14-16-39/h9-12,18-20,23,36H,2,4-8,13-17H2,1,3H3,(H,33,34,35)/b21-9+,26-10+. The van der Waals surface area contributed by atoms with Crippen LogP contribution in [0.2, 0.25) is 0 Å². The molecule has 202 valence electrons. The van der Waals surface area contributed by atoms with Crippen LogP contribution in [0.3, 0.4) is 0 Å². The minimum atomic E-state index is 0.681. The number of H-pyrrole nitrogens is 2. The second-order valence-corrected chi connectivity index (χ2v) is 11.2. The smallest absolute Gasteiger partial charge is 0.161 e. The Bertz CT molecular complexity index is 1580. The number of hydrogen-bond donors (Lipinski definition) is 2. The van der Waals surface area contributed by atoms with E-state index in [2.05, 4.69) is 73.7 Å². The van der Waals surface area contributed by atoms with E-state index in [1.807, 2.05) is 24.7 Å². The summed E-state index contributed by atoms with van der Waals surface area (Å²) in [6.07, 6.45) is 17.9. The summed E-state index contributed by atoms with van der Waals surface area (Å²) in [5, 5.41) is 9.38. The molecule has 0 spiro atoms. The van der Waals surface area contributed by atoms with Crippen LogP contribution in [0.25, 0.3) is 40.9 Å². The molecule has 2 fully saturated rings. The molecule has 0 aromatic carbocycles. The third-order valence-electron chi connectivity index (χ3n) is 8.33. The van der Waals surface area contributed by atoms with Crippen LogP contribution < -0.4 is 15.5 Å². The normalized spacial score (nSPS) is 18.4. The van der Waals surface area contributed by atoms with Crippen molar-refractivity contribution in [3.8, 4) is 11.5 Å². The predicted molar refractivity (Wildman–Crippen MR) is 159 cm³/mol. The maximum Gasteiger partial charge on any atom is 0.161 e. The van der Waals surface area contributed by atoms with Gasteiger partial charge in [-0.25, -0.2) is 9.97 Å². The van der Waals surface area contributed by atoms with Crippen LogP contribution in [0.4, 0.5) is 5.69 Å². The largest absolute Gasteiger partial charge is 0.367 e. The first kappa shape index (κ1) is 25.5. The van der Waals surface area contributed by atoms with E-state index in [9.17, 15) is 0 Å². The number of imidazole rings is 1. The van der Waals surface area contributed by atoms with E-state index >= 15 is 0 Å². The average molecular weight is 523 g/mol. The number of allylic oxidation sites excluding steroid dienone is 2. The Morgan fingerprint density at radius 1 is 1.13 bits per heavy atom. The Morgan fingerprint density at radius 3 is 2.77 bits per heavy atom. The molecule has 8 heteroatoms. The number of piperazine rings is 1. The molecular formula is C31H38N8. The quantitative estimate of drug-likeness (QED) is 0.399. The number of nitrogens with zero attached hydrogens (tertiary/aromatic N) is 6. The lowest BCUT2D eigenvalue weighted by Crippen LogP contribution is -2.44. The summed E-state index contributed by atoms with van der Waals surface area (Å²) in [5.74, 6) is 1.48. The van der Waals surface area contributed by atoms with Gasteiger partial charge in [-0.1, -0.05) is 44.8 Å². The molecule has 2 aliphatic rings. The Labute approximate surface area is 229 Å². The molecule has 1 saturated carbocycles. The van der Waals surface area contributed by atoms with Crippen LogP contribution in [-0.2, 0) is 6.42 Å². The first-order chi connectivity index (χ1) is 19.0. The van der Waals surface area contributed by atoms with Crippen molar-refractivity contribution in [1.82, 2.24) is 35.0 Å². The van der Waals surface area contributed by atoms with Gasteiger partial charge in [0, 0.05) is 50.0 Å². The molecule has 2 N–H and O–H groups in total. The minimum absolute atomic E-state index is 0.681. The highest BCUT2D eigenvalue weighted by Crippen LogP contribution is 2.28. The molecule has 0 unspecified atom stereocenters. The van der Waals surface area contributed by atoms with Crippen LogP contribution in [-0.4, -0.2) is 68.3 Å². The fraction of sp³-hybridized carbons (Fsp3) is 0.419. The SMILES string of the molecule is C=c1c(-c2nc3c(N4CCN(C)CC4)ccnc3[nH]2)n[nH]/c1=C/C=C(\C)c1cncc(CC2CCCCC2)c1. The zero-order valence-electron chi connectivity index (χ0n) is 23.1. The zero-order valence-corrected chi connectivity index (χ0v) is 23.1. The van der Waals surface area contributed by atoms with Crippen molar-refractivity contribution in [3.05, 3.63) is 58.5 Å². The highest BCUT2D eigenvalue weighted by molar-refractivity contribution is 5.88. The van der Waals surface area contributed by atoms with Crippen molar-refractivity contribution in [2.75, 3.05) is 38.1 Å². The number of aromatic amines is 2. The van der Waals surface area contributed by atoms with E-state index in [1.165, 1.54) is 37.7 Å². The molecule has 1 aliphatic carbocycles. The Morgan fingerprint density at radius 2 is 1.95 bits per heavy atom. The number of aromatic nitrogens is 6. The maximum atomic E-state index is 4.92. The molecule has 4 aromatic rings. The predicted octanol–water partition coefficient (Wildman–Crippen LogP) is 3.91. The van der Waals surface area contributed by atoms with Gasteiger partial charge in [-0.15, -0.1) is 0 Å². The van der Waals surface area contributed by atoms with E-state index in [-0.39, 0.29) is 0 Å². The van der Waals surface area contributed by atoms with Gasteiger partial charge < -0.3 is 14.8 Å². The van der Waals surface area contributed by atoms with Gasteiger partial charge in [-0.05, 0) is 61.2 Å². The van der Waals surface area contributed by atoms with Crippen molar-refractivity contribution >= 4 is 35.1 Å². The number of likely N-dealkylation sites (N-methyl/N-ethyl adjacent to an activating group) is 1. The molecule has 0 amide bonds. The summed E-state index contributed by atoms with van der Waals surface area (Å²) in [6, 6.07) is 4.35. The number of hydrogen-bond acceptors (Lipinski definition) is 6. The summed E-state index contributed by atoms with van der Waals surface area (Å²) < 4.78 is 0. The molecule has 0 bridgehead atoms.